The molecule has 0 aromatic heterocycles. The molecule has 1 unspecified atom stereocenters. The van der Waals surface area contributed by atoms with Crippen molar-refractivity contribution in [3.63, 3.8) is 0 Å². The highest BCUT2D eigenvalue weighted by atomic mass is 16.4. The van der Waals surface area contributed by atoms with Crippen molar-refractivity contribution in [2.24, 2.45) is 0 Å². The van der Waals surface area contributed by atoms with Gasteiger partial charge >= 0.3 is 12.0 Å². The van der Waals surface area contributed by atoms with Crippen LogP contribution in [0.5, 0.6) is 0 Å². The Kier molecular flexibility index (Phi) is 5.69. The molecular formula is C9H19N3O3. The van der Waals surface area contributed by atoms with Gasteiger partial charge in [-0.15, -0.1) is 0 Å². The number of carboxylic acid groups (broad SMARTS) is 1. The zero-order chi connectivity index (χ0) is 12.0. The van der Waals surface area contributed by atoms with Crippen LogP contribution >= 0.6 is 0 Å². The standard InChI is InChI=1S/C9H19N3O3/c1-7(8(13)14)12(4)9(15)10-5-6-11(2)3/h7H,5-6H2,1-4H3,(H,10,15)(H,13,14). The van der Waals surface area contributed by atoms with E-state index in [1.807, 2.05) is 19.0 Å². The van der Waals surface area contributed by atoms with Crippen LogP contribution in [0.2, 0.25) is 0 Å². The number of amides is 2. The van der Waals surface area contributed by atoms with Crippen LogP contribution in [0.1, 0.15) is 6.92 Å². The molecule has 15 heavy (non-hydrogen) atoms. The molecule has 0 rings (SSSR count). The van der Waals surface area contributed by atoms with Gasteiger partial charge in [0, 0.05) is 20.1 Å². The Labute approximate surface area is 89.8 Å². The van der Waals surface area contributed by atoms with E-state index in [-0.39, 0.29) is 6.03 Å². The zero-order valence-corrected chi connectivity index (χ0v) is 9.65. The van der Waals surface area contributed by atoms with E-state index in [1.165, 1.54) is 14.0 Å². The first-order chi connectivity index (χ1) is 6.86. The third-order valence-electron chi connectivity index (χ3n) is 2.09. The van der Waals surface area contributed by atoms with Crippen LogP contribution in [0.25, 0.3) is 0 Å². The van der Waals surface area contributed by atoms with Crippen LogP contribution in [0, 0.1) is 0 Å². The lowest BCUT2D eigenvalue weighted by atomic mass is 10.3. The lowest BCUT2D eigenvalue weighted by Gasteiger charge is -2.22. The van der Waals surface area contributed by atoms with E-state index in [2.05, 4.69) is 5.32 Å². The van der Waals surface area contributed by atoms with Gasteiger partial charge in [0.25, 0.3) is 0 Å². The summed E-state index contributed by atoms with van der Waals surface area (Å²) < 4.78 is 0. The molecule has 88 valence electrons. The zero-order valence-electron chi connectivity index (χ0n) is 9.65. The molecule has 0 saturated carbocycles. The molecule has 0 radical (unpaired) electrons. The number of likely N-dealkylation sites (N-methyl/N-ethyl adjacent to an activating group) is 2. The maximum Gasteiger partial charge on any atom is 0.326 e. The molecule has 0 aliphatic heterocycles. The molecule has 0 aliphatic rings. The van der Waals surface area contributed by atoms with Gasteiger partial charge in [-0.2, -0.15) is 0 Å². The summed E-state index contributed by atoms with van der Waals surface area (Å²) in [5, 5.41) is 11.3. The van der Waals surface area contributed by atoms with E-state index in [9.17, 15) is 9.59 Å². The van der Waals surface area contributed by atoms with Gasteiger partial charge in [0.05, 0.1) is 0 Å². The summed E-state index contributed by atoms with van der Waals surface area (Å²) in [5.74, 6) is -1.01. The van der Waals surface area contributed by atoms with Gasteiger partial charge in [0.2, 0.25) is 0 Å². The van der Waals surface area contributed by atoms with Gasteiger partial charge in [-0.1, -0.05) is 0 Å². The van der Waals surface area contributed by atoms with Gasteiger partial charge in [-0.25, -0.2) is 9.59 Å². The fourth-order valence-electron chi connectivity index (χ4n) is 0.853. The lowest BCUT2D eigenvalue weighted by Crippen LogP contribution is -2.47. The molecule has 0 aliphatic carbocycles. The van der Waals surface area contributed by atoms with Gasteiger partial charge in [0.1, 0.15) is 6.04 Å². The number of nitrogens with one attached hydrogen (secondary N) is 1. The second-order valence-electron chi connectivity index (χ2n) is 3.66. The van der Waals surface area contributed by atoms with Crippen molar-refractivity contribution in [3.8, 4) is 0 Å². The molecule has 2 N–H and O–H groups in total. The molecular weight excluding hydrogens is 198 g/mol. The lowest BCUT2D eigenvalue weighted by molar-refractivity contribution is -0.141. The second kappa shape index (κ2) is 6.23. The molecule has 0 aromatic rings. The molecule has 0 saturated heterocycles. The minimum absolute atomic E-state index is 0.369. The van der Waals surface area contributed by atoms with E-state index in [0.717, 1.165) is 11.4 Å². The van der Waals surface area contributed by atoms with E-state index in [0.29, 0.717) is 6.54 Å². The van der Waals surface area contributed by atoms with E-state index >= 15 is 0 Å². The van der Waals surface area contributed by atoms with Crippen LogP contribution in [-0.4, -0.2) is 67.2 Å². The summed E-state index contributed by atoms with van der Waals surface area (Å²) in [6.45, 7) is 2.69. The molecule has 6 nitrogen and oxygen atoms in total. The summed E-state index contributed by atoms with van der Waals surface area (Å²) in [7, 11) is 5.26. The predicted molar refractivity (Wildman–Crippen MR) is 56.8 cm³/mol. The van der Waals surface area contributed by atoms with Crippen molar-refractivity contribution in [2.45, 2.75) is 13.0 Å². The molecule has 0 spiro atoms. The summed E-state index contributed by atoms with van der Waals surface area (Å²) in [5.41, 5.74) is 0. The third-order valence-corrected chi connectivity index (χ3v) is 2.09. The van der Waals surface area contributed by atoms with Gasteiger partial charge in [-0.3, -0.25) is 0 Å². The number of nitrogens with zero attached hydrogens (tertiary/aromatic N) is 2. The molecule has 0 aromatic carbocycles. The molecule has 0 fully saturated rings. The molecule has 2 amide bonds. The minimum Gasteiger partial charge on any atom is -0.480 e. The average molecular weight is 217 g/mol. The Morgan fingerprint density at radius 1 is 1.33 bits per heavy atom. The van der Waals surface area contributed by atoms with Crippen molar-refractivity contribution in [2.75, 3.05) is 34.2 Å². The summed E-state index contributed by atoms with van der Waals surface area (Å²) >= 11 is 0. The van der Waals surface area contributed by atoms with Gasteiger partial charge in [-0.05, 0) is 21.0 Å². The van der Waals surface area contributed by atoms with Crippen molar-refractivity contribution in [1.82, 2.24) is 15.1 Å². The van der Waals surface area contributed by atoms with E-state index < -0.39 is 12.0 Å². The highest BCUT2D eigenvalue weighted by molar-refractivity contribution is 5.82. The van der Waals surface area contributed by atoms with Crippen molar-refractivity contribution in [1.29, 1.82) is 0 Å². The normalized spacial score (nSPS) is 12.3. The molecule has 0 bridgehead atoms. The smallest absolute Gasteiger partial charge is 0.326 e. The van der Waals surface area contributed by atoms with Crippen LogP contribution in [-0.2, 0) is 4.79 Å². The van der Waals surface area contributed by atoms with Crippen LogP contribution in [0.3, 0.4) is 0 Å². The summed E-state index contributed by atoms with van der Waals surface area (Å²) in [4.78, 5) is 25.1. The van der Waals surface area contributed by atoms with Crippen molar-refractivity contribution >= 4 is 12.0 Å². The van der Waals surface area contributed by atoms with Gasteiger partial charge in [0.15, 0.2) is 0 Å². The Balaban J connectivity index is 3.94. The van der Waals surface area contributed by atoms with E-state index in [1.54, 1.807) is 0 Å². The van der Waals surface area contributed by atoms with Crippen molar-refractivity contribution in [3.05, 3.63) is 0 Å². The minimum atomic E-state index is -1.01. The molecule has 1 atom stereocenters. The first-order valence-corrected chi connectivity index (χ1v) is 4.74. The fraction of sp³-hybridized carbons (Fsp3) is 0.778. The Morgan fingerprint density at radius 3 is 2.27 bits per heavy atom. The maximum absolute atomic E-state index is 11.4. The first kappa shape index (κ1) is 13.7. The monoisotopic (exact) mass is 217 g/mol. The number of carbonyl (C=O) groups is 2. The summed E-state index contributed by atoms with van der Waals surface area (Å²) in [6, 6.07) is -1.18. The number of hydrogen-bond acceptors (Lipinski definition) is 3. The largest absolute Gasteiger partial charge is 0.480 e. The predicted octanol–water partition coefficient (Wildman–Crippen LogP) is -0.337. The quantitative estimate of drug-likeness (QED) is 0.661. The van der Waals surface area contributed by atoms with Crippen LogP contribution < -0.4 is 5.32 Å². The highest BCUT2D eigenvalue weighted by Gasteiger charge is 2.20. The highest BCUT2D eigenvalue weighted by Crippen LogP contribution is 1.95. The topological polar surface area (TPSA) is 72.9 Å². The van der Waals surface area contributed by atoms with Crippen LogP contribution in [0.15, 0.2) is 0 Å². The number of carbonyl (C=O) groups excluding carboxylic acids is 1. The Hall–Kier alpha value is -1.30. The number of aliphatic carboxylic acids is 1. The number of rotatable bonds is 5. The first-order valence-electron chi connectivity index (χ1n) is 4.74. The number of hydrogen-bond donors (Lipinski definition) is 2. The molecule has 6 heteroatoms. The summed E-state index contributed by atoms with van der Waals surface area (Å²) in [6.07, 6.45) is 0. The number of carboxylic acids is 1. The Morgan fingerprint density at radius 2 is 1.87 bits per heavy atom. The average Bonchev–Trinajstić information content (AvgIpc) is 2.14. The SMILES string of the molecule is CC(C(=O)O)N(C)C(=O)NCCN(C)C. The number of urea groups is 1. The maximum atomic E-state index is 11.4. The Bertz CT molecular complexity index is 231. The van der Waals surface area contributed by atoms with Gasteiger partial charge < -0.3 is 20.2 Å². The van der Waals surface area contributed by atoms with Crippen molar-refractivity contribution < 1.29 is 14.7 Å². The third kappa shape index (κ3) is 5.21. The van der Waals surface area contributed by atoms with Crippen LogP contribution in [0.4, 0.5) is 4.79 Å². The second-order valence-corrected chi connectivity index (χ2v) is 3.66. The van der Waals surface area contributed by atoms with E-state index in [4.69, 9.17) is 5.11 Å². The fourth-order valence-corrected chi connectivity index (χ4v) is 0.853. The molecule has 0 heterocycles.